The molecule has 1 N–H and O–H groups in total. The molecule has 0 radical (unpaired) electrons. The summed E-state index contributed by atoms with van der Waals surface area (Å²) in [5.41, 5.74) is 3.88. The van der Waals surface area contributed by atoms with E-state index >= 15 is 0 Å². The molecular formula is C14H17FN2S. The molecular weight excluding hydrogens is 247 g/mol. The number of aromatic nitrogens is 1. The third kappa shape index (κ3) is 2.94. The van der Waals surface area contributed by atoms with E-state index in [1.807, 2.05) is 25.4 Å². The van der Waals surface area contributed by atoms with Crippen LogP contribution in [0.2, 0.25) is 0 Å². The zero-order chi connectivity index (χ0) is 13.1. The molecule has 1 aromatic heterocycles. The van der Waals surface area contributed by atoms with Crippen molar-refractivity contribution >= 4 is 11.3 Å². The number of aryl methyl sites for hydroxylation is 1. The molecule has 0 aliphatic rings. The Morgan fingerprint density at radius 3 is 2.67 bits per heavy atom. The molecule has 0 amide bonds. The summed E-state index contributed by atoms with van der Waals surface area (Å²) in [4.78, 5) is 5.48. The van der Waals surface area contributed by atoms with E-state index in [0.717, 1.165) is 11.3 Å². The largest absolute Gasteiger partial charge is 0.303 e. The third-order valence-corrected chi connectivity index (χ3v) is 4.14. The Morgan fingerprint density at radius 2 is 2.06 bits per heavy atom. The van der Waals surface area contributed by atoms with E-state index < -0.39 is 0 Å². The van der Waals surface area contributed by atoms with Gasteiger partial charge in [-0.2, -0.15) is 0 Å². The van der Waals surface area contributed by atoms with Crippen LogP contribution >= 0.6 is 11.3 Å². The monoisotopic (exact) mass is 264 g/mol. The van der Waals surface area contributed by atoms with Gasteiger partial charge in [0.2, 0.25) is 0 Å². The molecule has 0 bridgehead atoms. The zero-order valence-electron chi connectivity index (χ0n) is 10.8. The second-order valence-corrected chi connectivity index (χ2v) is 5.35. The molecule has 0 aliphatic heterocycles. The standard InChI is InChI=1S/C14H17FN2S/c1-9(12-5-4-6-13(15)7-12)17-11(3)14-10(2)16-8-18-14/h4-9,11,17H,1-3H3/t9-,11?/m1/s1. The van der Waals surface area contributed by atoms with E-state index in [2.05, 4.69) is 17.2 Å². The van der Waals surface area contributed by atoms with Crippen LogP contribution in [0.1, 0.15) is 42.1 Å². The van der Waals surface area contributed by atoms with Crippen LogP contribution in [0.3, 0.4) is 0 Å². The summed E-state index contributed by atoms with van der Waals surface area (Å²) in [5.74, 6) is -0.192. The van der Waals surface area contributed by atoms with Crippen LogP contribution in [0.15, 0.2) is 29.8 Å². The van der Waals surface area contributed by atoms with Crippen molar-refractivity contribution in [2.24, 2.45) is 0 Å². The van der Waals surface area contributed by atoms with Gasteiger partial charge in [-0.25, -0.2) is 9.37 Å². The molecule has 0 saturated carbocycles. The lowest BCUT2D eigenvalue weighted by molar-refractivity contribution is 0.495. The molecule has 2 aromatic rings. The van der Waals surface area contributed by atoms with Crippen LogP contribution in [0, 0.1) is 12.7 Å². The highest BCUT2D eigenvalue weighted by atomic mass is 32.1. The lowest BCUT2D eigenvalue weighted by Crippen LogP contribution is -2.22. The van der Waals surface area contributed by atoms with Gasteiger partial charge in [0.1, 0.15) is 5.82 Å². The Balaban J connectivity index is 2.08. The normalized spacial score (nSPS) is 14.4. The van der Waals surface area contributed by atoms with Gasteiger partial charge in [0.15, 0.2) is 0 Å². The molecule has 1 unspecified atom stereocenters. The van der Waals surface area contributed by atoms with Gasteiger partial charge in [0.25, 0.3) is 0 Å². The highest BCUT2D eigenvalue weighted by molar-refractivity contribution is 7.09. The van der Waals surface area contributed by atoms with Gasteiger partial charge in [0, 0.05) is 17.0 Å². The first kappa shape index (κ1) is 13.2. The van der Waals surface area contributed by atoms with Gasteiger partial charge in [-0.1, -0.05) is 12.1 Å². The van der Waals surface area contributed by atoms with Crippen LogP contribution in [0.5, 0.6) is 0 Å². The van der Waals surface area contributed by atoms with Crippen molar-refractivity contribution in [3.63, 3.8) is 0 Å². The van der Waals surface area contributed by atoms with E-state index in [1.54, 1.807) is 23.5 Å². The van der Waals surface area contributed by atoms with Crippen LogP contribution < -0.4 is 5.32 Å². The van der Waals surface area contributed by atoms with Crippen molar-refractivity contribution in [1.82, 2.24) is 10.3 Å². The molecule has 2 nitrogen and oxygen atoms in total. The number of nitrogens with one attached hydrogen (secondary N) is 1. The Morgan fingerprint density at radius 1 is 1.28 bits per heavy atom. The topological polar surface area (TPSA) is 24.9 Å². The number of thiazole rings is 1. The van der Waals surface area contributed by atoms with Crippen LogP contribution in [-0.2, 0) is 0 Å². The maximum Gasteiger partial charge on any atom is 0.123 e. The molecule has 2 rings (SSSR count). The van der Waals surface area contributed by atoms with Crippen molar-refractivity contribution in [1.29, 1.82) is 0 Å². The van der Waals surface area contributed by atoms with E-state index in [-0.39, 0.29) is 17.9 Å². The second kappa shape index (κ2) is 5.59. The molecule has 0 fully saturated rings. The predicted molar refractivity (Wildman–Crippen MR) is 73.2 cm³/mol. The Hall–Kier alpha value is -1.26. The molecule has 18 heavy (non-hydrogen) atoms. The Labute approximate surface area is 111 Å². The van der Waals surface area contributed by atoms with Gasteiger partial charge in [-0.05, 0) is 38.5 Å². The summed E-state index contributed by atoms with van der Waals surface area (Å²) in [6.07, 6.45) is 0. The second-order valence-electron chi connectivity index (χ2n) is 4.47. The minimum absolute atomic E-state index is 0.109. The maximum absolute atomic E-state index is 13.2. The van der Waals surface area contributed by atoms with Gasteiger partial charge < -0.3 is 5.32 Å². The maximum atomic E-state index is 13.2. The quantitative estimate of drug-likeness (QED) is 0.902. The fraction of sp³-hybridized carbons (Fsp3) is 0.357. The molecule has 0 aliphatic carbocycles. The van der Waals surface area contributed by atoms with Crippen molar-refractivity contribution in [3.05, 3.63) is 51.7 Å². The van der Waals surface area contributed by atoms with Crippen molar-refractivity contribution < 1.29 is 4.39 Å². The van der Waals surface area contributed by atoms with E-state index in [4.69, 9.17) is 0 Å². The van der Waals surface area contributed by atoms with E-state index in [9.17, 15) is 4.39 Å². The lowest BCUT2D eigenvalue weighted by Gasteiger charge is -2.20. The first-order valence-corrected chi connectivity index (χ1v) is 6.87. The molecule has 0 spiro atoms. The van der Waals surface area contributed by atoms with Crippen molar-refractivity contribution in [2.45, 2.75) is 32.9 Å². The zero-order valence-corrected chi connectivity index (χ0v) is 11.6. The van der Waals surface area contributed by atoms with Crippen LogP contribution in [0.25, 0.3) is 0 Å². The summed E-state index contributed by atoms with van der Waals surface area (Å²) < 4.78 is 13.2. The van der Waals surface area contributed by atoms with Gasteiger partial charge in [-0.15, -0.1) is 11.3 Å². The van der Waals surface area contributed by atoms with Gasteiger partial charge in [-0.3, -0.25) is 0 Å². The number of halogens is 1. The first-order valence-electron chi connectivity index (χ1n) is 5.99. The summed E-state index contributed by atoms with van der Waals surface area (Å²) in [5, 5.41) is 3.47. The van der Waals surface area contributed by atoms with Gasteiger partial charge in [0.05, 0.1) is 11.2 Å². The third-order valence-electron chi connectivity index (χ3n) is 3.02. The SMILES string of the molecule is Cc1ncsc1C(C)N[C@H](C)c1cccc(F)c1. The summed E-state index contributed by atoms with van der Waals surface area (Å²) in [7, 11) is 0. The molecule has 2 atom stereocenters. The molecule has 1 aromatic carbocycles. The van der Waals surface area contributed by atoms with Gasteiger partial charge >= 0.3 is 0 Å². The minimum atomic E-state index is -0.192. The predicted octanol–water partition coefficient (Wildman–Crippen LogP) is 4.00. The molecule has 4 heteroatoms. The van der Waals surface area contributed by atoms with Crippen molar-refractivity contribution in [3.8, 4) is 0 Å². The van der Waals surface area contributed by atoms with Crippen LogP contribution in [0.4, 0.5) is 4.39 Å². The smallest absolute Gasteiger partial charge is 0.123 e. The number of nitrogens with zero attached hydrogens (tertiary/aromatic N) is 1. The summed E-state index contributed by atoms with van der Waals surface area (Å²) >= 11 is 1.65. The number of rotatable bonds is 4. The van der Waals surface area contributed by atoms with Crippen LogP contribution in [-0.4, -0.2) is 4.98 Å². The number of hydrogen-bond acceptors (Lipinski definition) is 3. The van der Waals surface area contributed by atoms with E-state index in [1.165, 1.54) is 10.9 Å². The highest BCUT2D eigenvalue weighted by Crippen LogP contribution is 2.24. The summed E-state index contributed by atoms with van der Waals surface area (Å²) in [6, 6.07) is 7.04. The number of hydrogen-bond donors (Lipinski definition) is 1. The average Bonchev–Trinajstić information content (AvgIpc) is 2.75. The fourth-order valence-corrected chi connectivity index (χ4v) is 2.87. The Kier molecular flexibility index (Phi) is 4.09. The highest BCUT2D eigenvalue weighted by Gasteiger charge is 2.14. The number of benzene rings is 1. The molecule has 0 saturated heterocycles. The minimum Gasteiger partial charge on any atom is -0.303 e. The molecule has 96 valence electrons. The summed E-state index contributed by atoms with van der Waals surface area (Å²) in [6.45, 7) is 6.16. The Bertz CT molecular complexity index is 524. The average molecular weight is 264 g/mol. The van der Waals surface area contributed by atoms with E-state index in [0.29, 0.717) is 0 Å². The first-order chi connectivity index (χ1) is 8.58. The fourth-order valence-electron chi connectivity index (χ4n) is 2.05. The lowest BCUT2D eigenvalue weighted by atomic mass is 10.1. The molecule has 1 heterocycles. The van der Waals surface area contributed by atoms with Crippen molar-refractivity contribution in [2.75, 3.05) is 0 Å².